The van der Waals surface area contributed by atoms with Crippen molar-refractivity contribution in [1.82, 2.24) is 9.88 Å². The van der Waals surface area contributed by atoms with Crippen LogP contribution in [0.1, 0.15) is 78.8 Å². The molecule has 0 amide bonds. The highest BCUT2D eigenvalue weighted by atomic mass is 19.1. The maximum atomic E-state index is 15.0. The summed E-state index contributed by atoms with van der Waals surface area (Å²) in [5.41, 5.74) is 3.90. The Morgan fingerprint density at radius 3 is 2.37 bits per heavy atom. The molecule has 0 aliphatic carbocycles. The number of piperazine rings is 1. The molecular weight excluding hydrogens is 479 g/mol. The molecule has 2 aromatic rings. The summed E-state index contributed by atoms with van der Waals surface area (Å²) in [6.07, 6.45) is 7.57. The molecule has 2 aliphatic rings. The van der Waals surface area contributed by atoms with E-state index in [1.807, 2.05) is 6.07 Å². The summed E-state index contributed by atoms with van der Waals surface area (Å²) in [7, 11) is 0. The molecule has 2 aliphatic heterocycles. The fraction of sp³-hybridized carbons (Fsp3) is 0.581. The van der Waals surface area contributed by atoms with Crippen LogP contribution in [0, 0.1) is 17.7 Å². The van der Waals surface area contributed by atoms with Crippen molar-refractivity contribution in [2.45, 2.75) is 59.8 Å². The Morgan fingerprint density at radius 2 is 1.76 bits per heavy atom. The molecule has 1 aromatic carbocycles. The first-order chi connectivity index (χ1) is 18.3. The number of aldehydes is 1. The van der Waals surface area contributed by atoms with Gasteiger partial charge in [-0.25, -0.2) is 9.37 Å². The Labute approximate surface area is 227 Å². The van der Waals surface area contributed by atoms with E-state index in [0.717, 1.165) is 101 Å². The van der Waals surface area contributed by atoms with Gasteiger partial charge in [-0.3, -0.25) is 14.5 Å². The second kappa shape index (κ2) is 12.8. The number of aromatic nitrogens is 1. The zero-order chi connectivity index (χ0) is 27.2. The first kappa shape index (κ1) is 28.2. The number of ketones is 1. The van der Waals surface area contributed by atoms with Crippen LogP contribution >= 0.6 is 0 Å². The molecule has 1 aromatic heterocycles. The van der Waals surface area contributed by atoms with Gasteiger partial charge < -0.3 is 9.80 Å². The molecule has 0 atom stereocenters. The average Bonchev–Trinajstić information content (AvgIpc) is 2.90. The lowest BCUT2D eigenvalue weighted by molar-refractivity contribution is 0.101. The molecule has 0 bridgehead atoms. The number of benzene rings is 1. The lowest BCUT2D eigenvalue weighted by Crippen LogP contribution is -2.49. The number of rotatable bonds is 10. The molecule has 0 unspecified atom stereocenters. The average molecular weight is 523 g/mol. The quantitative estimate of drug-likeness (QED) is 0.307. The summed E-state index contributed by atoms with van der Waals surface area (Å²) in [4.78, 5) is 35.0. The summed E-state index contributed by atoms with van der Waals surface area (Å²) in [5, 5.41) is 0. The van der Waals surface area contributed by atoms with E-state index in [-0.39, 0.29) is 11.6 Å². The van der Waals surface area contributed by atoms with E-state index in [2.05, 4.69) is 46.5 Å². The Bertz CT molecular complexity index is 1120. The Morgan fingerprint density at radius 1 is 1.05 bits per heavy atom. The zero-order valence-electron chi connectivity index (χ0n) is 23.5. The van der Waals surface area contributed by atoms with E-state index in [4.69, 9.17) is 0 Å². The highest BCUT2D eigenvalue weighted by Crippen LogP contribution is 2.29. The molecule has 2 saturated heterocycles. The van der Waals surface area contributed by atoms with Gasteiger partial charge in [-0.1, -0.05) is 27.2 Å². The predicted molar refractivity (Wildman–Crippen MR) is 152 cm³/mol. The first-order valence-electron chi connectivity index (χ1n) is 14.3. The second-order valence-electron chi connectivity index (χ2n) is 11.4. The molecule has 7 heteroatoms. The van der Waals surface area contributed by atoms with Gasteiger partial charge in [-0.05, 0) is 73.8 Å². The molecule has 0 saturated carbocycles. The van der Waals surface area contributed by atoms with Gasteiger partial charge in [0.1, 0.15) is 11.6 Å². The van der Waals surface area contributed by atoms with E-state index in [0.29, 0.717) is 28.7 Å². The molecule has 0 radical (unpaired) electrons. The summed E-state index contributed by atoms with van der Waals surface area (Å²) in [6, 6.07) is 5.46. The molecule has 0 spiro atoms. The van der Waals surface area contributed by atoms with Crippen molar-refractivity contribution < 1.29 is 14.0 Å². The number of hydrogen-bond acceptors (Lipinski definition) is 6. The number of carbonyl (C=O) groups excluding carboxylic acids is 2. The van der Waals surface area contributed by atoms with Crippen LogP contribution in [0.2, 0.25) is 0 Å². The Hall–Kier alpha value is -2.80. The van der Waals surface area contributed by atoms with E-state index >= 15 is 4.39 Å². The van der Waals surface area contributed by atoms with Crippen LogP contribution < -0.4 is 9.80 Å². The van der Waals surface area contributed by atoms with Crippen molar-refractivity contribution in [2.75, 3.05) is 55.6 Å². The van der Waals surface area contributed by atoms with Crippen molar-refractivity contribution in [3.8, 4) is 0 Å². The van der Waals surface area contributed by atoms with E-state index in [1.54, 1.807) is 6.20 Å². The van der Waals surface area contributed by atoms with Gasteiger partial charge in [0.15, 0.2) is 12.1 Å². The number of Topliss-reactive ketones (excluding diaryl/α,β-unsaturated/α-hetero) is 1. The normalized spacial score (nSPS) is 17.3. The molecule has 0 N–H and O–H groups in total. The summed E-state index contributed by atoms with van der Waals surface area (Å²) >= 11 is 0. The van der Waals surface area contributed by atoms with Crippen LogP contribution in [-0.4, -0.2) is 67.8 Å². The van der Waals surface area contributed by atoms with Crippen LogP contribution in [0.5, 0.6) is 0 Å². The highest BCUT2D eigenvalue weighted by Gasteiger charge is 2.26. The standard InChI is InChI=1S/C31H43FN4O2/c1-5-6-25-17-31(33-19-27(25)21-37)36-9-7-24(8-10-36)20-34-11-13-35(14-12-34)30-16-26(15-22(2)3)28(23(4)38)18-29(30)32/h16-19,21-22,24H,5-15,20H2,1-4H3. The molecule has 3 heterocycles. The van der Waals surface area contributed by atoms with Crippen LogP contribution in [0.25, 0.3) is 0 Å². The lowest BCUT2D eigenvalue weighted by atomic mass is 9.94. The number of anilines is 2. The van der Waals surface area contributed by atoms with Crippen LogP contribution in [0.15, 0.2) is 24.4 Å². The molecule has 2 fully saturated rings. The monoisotopic (exact) mass is 522 g/mol. The van der Waals surface area contributed by atoms with Crippen LogP contribution in [0.3, 0.4) is 0 Å². The number of hydrogen-bond donors (Lipinski definition) is 0. The van der Waals surface area contributed by atoms with E-state index in [9.17, 15) is 9.59 Å². The summed E-state index contributed by atoms with van der Waals surface area (Å²) in [6.45, 7) is 14.4. The second-order valence-corrected chi connectivity index (χ2v) is 11.4. The van der Waals surface area contributed by atoms with Gasteiger partial charge >= 0.3 is 0 Å². The van der Waals surface area contributed by atoms with Gasteiger partial charge in [0.2, 0.25) is 0 Å². The number of aryl methyl sites for hydroxylation is 1. The fourth-order valence-corrected chi connectivity index (χ4v) is 5.92. The molecule has 38 heavy (non-hydrogen) atoms. The minimum Gasteiger partial charge on any atom is -0.367 e. The topological polar surface area (TPSA) is 56.8 Å². The third-order valence-electron chi connectivity index (χ3n) is 8.00. The van der Waals surface area contributed by atoms with Gasteiger partial charge in [0.05, 0.1) is 5.69 Å². The fourth-order valence-electron chi connectivity index (χ4n) is 5.92. The number of carbonyl (C=O) groups is 2. The van der Waals surface area contributed by atoms with Gasteiger partial charge in [-0.2, -0.15) is 0 Å². The molecule has 4 rings (SSSR count). The number of nitrogens with zero attached hydrogens (tertiary/aromatic N) is 4. The zero-order valence-corrected chi connectivity index (χ0v) is 23.5. The Kier molecular flexibility index (Phi) is 9.53. The first-order valence-corrected chi connectivity index (χ1v) is 14.3. The third kappa shape index (κ3) is 6.79. The molecule has 206 valence electrons. The molecule has 6 nitrogen and oxygen atoms in total. The minimum absolute atomic E-state index is 0.0721. The number of pyridine rings is 1. The van der Waals surface area contributed by atoms with Crippen molar-refractivity contribution in [1.29, 1.82) is 0 Å². The van der Waals surface area contributed by atoms with Crippen molar-refractivity contribution in [3.05, 3.63) is 52.5 Å². The third-order valence-corrected chi connectivity index (χ3v) is 8.00. The van der Waals surface area contributed by atoms with Crippen molar-refractivity contribution >= 4 is 23.6 Å². The van der Waals surface area contributed by atoms with E-state index < -0.39 is 0 Å². The van der Waals surface area contributed by atoms with Gasteiger partial charge in [0, 0.05) is 63.1 Å². The maximum Gasteiger partial charge on any atom is 0.160 e. The number of piperidine rings is 1. The van der Waals surface area contributed by atoms with Crippen molar-refractivity contribution in [3.63, 3.8) is 0 Å². The Balaban J connectivity index is 1.30. The SMILES string of the molecule is CCCc1cc(N2CCC(CN3CCN(c4cc(CC(C)C)c(C(C)=O)cc4F)CC3)CC2)ncc1C=O. The summed E-state index contributed by atoms with van der Waals surface area (Å²) in [5.74, 6) is 1.67. The largest absolute Gasteiger partial charge is 0.367 e. The highest BCUT2D eigenvalue weighted by molar-refractivity contribution is 5.96. The van der Waals surface area contributed by atoms with Gasteiger partial charge in [-0.15, -0.1) is 0 Å². The van der Waals surface area contributed by atoms with Crippen molar-refractivity contribution in [2.24, 2.45) is 11.8 Å². The maximum absolute atomic E-state index is 15.0. The summed E-state index contributed by atoms with van der Waals surface area (Å²) < 4.78 is 15.0. The smallest absolute Gasteiger partial charge is 0.160 e. The van der Waals surface area contributed by atoms with Crippen LogP contribution in [-0.2, 0) is 12.8 Å². The lowest BCUT2D eigenvalue weighted by Gasteiger charge is -2.40. The van der Waals surface area contributed by atoms with E-state index in [1.165, 1.54) is 13.0 Å². The van der Waals surface area contributed by atoms with Crippen LogP contribution in [0.4, 0.5) is 15.9 Å². The van der Waals surface area contributed by atoms with Gasteiger partial charge in [0.25, 0.3) is 0 Å². The minimum atomic E-state index is -0.291. The molecular formula is C31H43FN4O2. The number of halogens is 1. The predicted octanol–water partition coefficient (Wildman–Crippen LogP) is 5.43.